The smallest absolute Gasteiger partial charge is 0.340 e. The Labute approximate surface area is 104 Å². The van der Waals surface area contributed by atoms with Crippen molar-refractivity contribution in [2.75, 3.05) is 0 Å². The molecular formula is C7H6O5P2W. The van der Waals surface area contributed by atoms with Crippen LogP contribution in [0.25, 0.3) is 0 Å². The van der Waals surface area contributed by atoms with Crippen molar-refractivity contribution >= 4 is 24.5 Å². The molecule has 0 spiro atoms. The number of benzene rings is 1. The molecule has 0 saturated heterocycles. The summed E-state index contributed by atoms with van der Waals surface area (Å²) in [5, 5.41) is 9.44. The predicted molar refractivity (Wildman–Crippen MR) is 52.8 cm³/mol. The predicted octanol–water partition coefficient (Wildman–Crippen LogP) is 1.62. The van der Waals surface area contributed by atoms with E-state index in [0.29, 0.717) is 5.75 Å². The molecule has 1 heterocycles. The van der Waals surface area contributed by atoms with Crippen molar-refractivity contribution in [3.8, 4) is 17.2 Å². The molecule has 1 aliphatic heterocycles. The molecule has 0 bridgehead atoms. The van der Waals surface area contributed by atoms with E-state index >= 15 is 0 Å². The average molecular weight is 416 g/mol. The molecular weight excluding hydrogens is 410 g/mol. The molecule has 2 atom stereocenters. The summed E-state index contributed by atoms with van der Waals surface area (Å²) < 4.78 is 14.5. The summed E-state index contributed by atoms with van der Waals surface area (Å²) in [5.74, 6) is -0.0674. The molecule has 80 valence electrons. The first-order valence-electron chi connectivity index (χ1n) is 3.59. The zero-order chi connectivity index (χ0) is 10.1. The minimum absolute atomic E-state index is 0. The molecule has 0 fully saturated rings. The van der Waals surface area contributed by atoms with Crippen molar-refractivity contribution in [2.24, 2.45) is 0 Å². The third-order valence-corrected chi connectivity index (χ3v) is 2.48. The quantitative estimate of drug-likeness (QED) is 0.706. The summed E-state index contributed by atoms with van der Waals surface area (Å²) in [7, 11) is 1.66. The van der Waals surface area contributed by atoms with Crippen LogP contribution in [0.3, 0.4) is 0 Å². The number of hydrogen-bond donors (Lipinski definition) is 1. The zero-order valence-corrected chi connectivity index (χ0v) is 12.3. The fourth-order valence-electron chi connectivity index (χ4n) is 1.06. The molecule has 1 aliphatic rings. The van der Waals surface area contributed by atoms with Gasteiger partial charge in [-0.1, -0.05) is 0 Å². The molecule has 0 aromatic heterocycles. The Hall–Kier alpha value is -0.362. The van der Waals surface area contributed by atoms with E-state index in [1.165, 1.54) is 12.1 Å². The molecule has 2 unspecified atom stereocenters. The van der Waals surface area contributed by atoms with Crippen LogP contribution in [0.4, 0.5) is 0 Å². The summed E-state index contributed by atoms with van der Waals surface area (Å²) in [6.45, 7) is 0. The fourth-order valence-corrected chi connectivity index (χ4v) is 1.77. The Morgan fingerprint density at radius 1 is 1.47 bits per heavy atom. The monoisotopic (exact) mass is 416 g/mol. The zero-order valence-electron chi connectivity index (χ0n) is 7.22. The molecule has 0 saturated carbocycles. The summed E-state index contributed by atoms with van der Waals surface area (Å²) in [5.41, 5.74) is 0.214. The van der Waals surface area contributed by atoms with Gasteiger partial charge in [-0.3, -0.25) is 0 Å². The molecule has 15 heavy (non-hydrogen) atoms. The molecule has 0 aliphatic carbocycles. The van der Waals surface area contributed by atoms with E-state index in [-0.39, 0.29) is 47.2 Å². The van der Waals surface area contributed by atoms with Crippen molar-refractivity contribution in [2.45, 2.75) is 0 Å². The Kier molecular flexibility index (Phi) is 4.33. The van der Waals surface area contributed by atoms with Crippen LogP contribution in [0.15, 0.2) is 12.1 Å². The molecule has 1 aromatic rings. The van der Waals surface area contributed by atoms with Crippen LogP contribution in [0.5, 0.6) is 17.2 Å². The summed E-state index contributed by atoms with van der Waals surface area (Å²) >= 11 is 0. The maximum Gasteiger partial charge on any atom is 0.340 e. The molecule has 8 heteroatoms. The van der Waals surface area contributed by atoms with Gasteiger partial charge >= 0.3 is 5.97 Å². The van der Waals surface area contributed by atoms with Crippen LogP contribution < -0.4 is 9.05 Å². The third kappa shape index (κ3) is 2.42. The van der Waals surface area contributed by atoms with Gasteiger partial charge in [0.2, 0.25) is 5.75 Å². The van der Waals surface area contributed by atoms with Gasteiger partial charge < -0.3 is 18.7 Å². The molecule has 0 amide bonds. The number of rotatable bonds is 1. The largest absolute Gasteiger partial charge is 0.504 e. The Balaban J connectivity index is 0.00000112. The van der Waals surface area contributed by atoms with E-state index in [9.17, 15) is 9.90 Å². The minimum atomic E-state index is -0.563. The van der Waals surface area contributed by atoms with E-state index in [1.54, 1.807) is 0 Å². The SMILES string of the molecule is O=C(OP)c1cc(O)c2c(c1)OPO2.[W]. The van der Waals surface area contributed by atoms with E-state index in [2.05, 4.69) is 4.52 Å². The van der Waals surface area contributed by atoms with Crippen LogP contribution in [-0.2, 0) is 25.6 Å². The summed E-state index contributed by atoms with van der Waals surface area (Å²) in [6, 6.07) is 2.73. The number of hydrogen-bond acceptors (Lipinski definition) is 5. The number of carbonyl (C=O) groups is 1. The topological polar surface area (TPSA) is 65.0 Å². The first-order valence-corrected chi connectivity index (χ1v) is 4.88. The van der Waals surface area contributed by atoms with Gasteiger partial charge in [0.1, 0.15) is 0 Å². The van der Waals surface area contributed by atoms with Crippen LogP contribution in [-0.4, -0.2) is 11.1 Å². The standard InChI is InChI=1S/C7H6O5P2.W/c8-4-1-3(7(9)10-13)2-5-6(4)12-14-11-5;/h1-2,8,14H,13H2;. The van der Waals surface area contributed by atoms with Crippen LogP contribution in [0, 0.1) is 0 Å². The molecule has 0 radical (unpaired) electrons. The first kappa shape index (κ1) is 12.7. The molecule has 1 N–H and O–H groups in total. The van der Waals surface area contributed by atoms with E-state index < -0.39 is 5.97 Å². The number of carbonyl (C=O) groups excluding carboxylic acids is 1. The summed E-state index contributed by atoms with van der Waals surface area (Å²) in [6.07, 6.45) is 0. The molecule has 5 nitrogen and oxygen atoms in total. The van der Waals surface area contributed by atoms with Gasteiger partial charge in [0.25, 0.3) is 9.03 Å². The summed E-state index contributed by atoms with van der Waals surface area (Å²) in [4.78, 5) is 11.1. The van der Waals surface area contributed by atoms with Gasteiger partial charge in [0.15, 0.2) is 11.5 Å². The second-order valence-corrected chi connectivity index (χ2v) is 3.33. The van der Waals surface area contributed by atoms with Crippen LogP contribution in [0.1, 0.15) is 10.4 Å². The average Bonchev–Trinajstić information content (AvgIpc) is 2.64. The van der Waals surface area contributed by atoms with Gasteiger partial charge in [0.05, 0.1) is 15.0 Å². The van der Waals surface area contributed by atoms with Gasteiger partial charge in [-0.05, 0) is 12.1 Å². The number of aromatic hydroxyl groups is 1. The Morgan fingerprint density at radius 3 is 2.87 bits per heavy atom. The second kappa shape index (κ2) is 5.11. The number of phenolic OH excluding ortho intramolecular Hbond substituents is 1. The fraction of sp³-hybridized carbons (Fsp3) is 0. The Bertz CT molecular complexity index is 397. The van der Waals surface area contributed by atoms with Gasteiger partial charge in [-0.15, -0.1) is 0 Å². The van der Waals surface area contributed by atoms with Crippen molar-refractivity contribution < 1.29 is 44.5 Å². The van der Waals surface area contributed by atoms with Gasteiger partial charge in [-0.25, -0.2) is 4.79 Å². The van der Waals surface area contributed by atoms with Crippen molar-refractivity contribution in [3.05, 3.63) is 17.7 Å². The van der Waals surface area contributed by atoms with Crippen molar-refractivity contribution in [1.29, 1.82) is 0 Å². The first-order chi connectivity index (χ1) is 6.72. The molecule has 2 rings (SSSR count). The van der Waals surface area contributed by atoms with Gasteiger partial charge in [-0.2, -0.15) is 0 Å². The second-order valence-electron chi connectivity index (χ2n) is 2.52. The maximum atomic E-state index is 11.1. The van der Waals surface area contributed by atoms with Crippen molar-refractivity contribution in [1.82, 2.24) is 0 Å². The minimum Gasteiger partial charge on any atom is -0.504 e. The van der Waals surface area contributed by atoms with Crippen molar-refractivity contribution in [3.63, 3.8) is 0 Å². The van der Waals surface area contributed by atoms with Crippen LogP contribution in [0.2, 0.25) is 0 Å². The number of phenols is 1. The van der Waals surface area contributed by atoms with Gasteiger partial charge in [0, 0.05) is 21.1 Å². The van der Waals surface area contributed by atoms with Crippen LogP contribution >= 0.6 is 18.5 Å². The third-order valence-electron chi connectivity index (χ3n) is 1.67. The maximum absolute atomic E-state index is 11.1. The number of fused-ring (bicyclic) bond motifs is 1. The normalized spacial score (nSPS) is 13.4. The van der Waals surface area contributed by atoms with E-state index in [4.69, 9.17) is 9.05 Å². The Morgan fingerprint density at radius 2 is 2.20 bits per heavy atom. The molecule has 1 aromatic carbocycles. The van der Waals surface area contributed by atoms with E-state index in [0.717, 1.165) is 0 Å². The van der Waals surface area contributed by atoms with E-state index in [1.807, 2.05) is 9.47 Å².